The van der Waals surface area contributed by atoms with E-state index in [1.165, 1.54) is 19.4 Å². The first-order valence-corrected chi connectivity index (χ1v) is 4.56. The number of rotatable bonds is 3. The minimum atomic E-state index is 0.341. The third-order valence-electron chi connectivity index (χ3n) is 2.71. The molecular formula is C9H15NO. The Bertz CT molecular complexity index is 154. The number of carbonyl (C=O) groups is 1. The standard InChI is InChI=1S/C9H15NO/c11-7-9-3-4-10(6-9)5-8-1-2-8/h7-9H,1-6H2/t9-/m0/s1. The van der Waals surface area contributed by atoms with Crippen molar-refractivity contribution < 1.29 is 4.79 Å². The van der Waals surface area contributed by atoms with E-state index in [9.17, 15) is 4.79 Å². The van der Waals surface area contributed by atoms with Crippen LogP contribution in [0.25, 0.3) is 0 Å². The van der Waals surface area contributed by atoms with Crippen LogP contribution >= 0.6 is 0 Å². The van der Waals surface area contributed by atoms with Crippen LogP contribution in [0.4, 0.5) is 0 Å². The Labute approximate surface area is 67.6 Å². The summed E-state index contributed by atoms with van der Waals surface area (Å²) in [6.07, 6.45) is 5.05. The average molecular weight is 153 g/mol. The summed E-state index contributed by atoms with van der Waals surface area (Å²) in [6, 6.07) is 0. The molecule has 0 aromatic rings. The van der Waals surface area contributed by atoms with Crippen molar-refractivity contribution in [1.29, 1.82) is 0 Å². The Morgan fingerprint density at radius 1 is 1.36 bits per heavy atom. The molecule has 2 heteroatoms. The van der Waals surface area contributed by atoms with E-state index in [4.69, 9.17) is 0 Å². The summed E-state index contributed by atoms with van der Waals surface area (Å²) in [7, 11) is 0. The van der Waals surface area contributed by atoms with E-state index in [0.717, 1.165) is 31.7 Å². The smallest absolute Gasteiger partial charge is 0.124 e. The zero-order valence-corrected chi connectivity index (χ0v) is 6.83. The van der Waals surface area contributed by atoms with Gasteiger partial charge in [0.15, 0.2) is 0 Å². The maximum atomic E-state index is 10.4. The summed E-state index contributed by atoms with van der Waals surface area (Å²) >= 11 is 0. The van der Waals surface area contributed by atoms with Crippen molar-refractivity contribution in [2.24, 2.45) is 11.8 Å². The minimum absolute atomic E-state index is 0.341. The van der Waals surface area contributed by atoms with Gasteiger partial charge in [0.05, 0.1) is 0 Å². The van der Waals surface area contributed by atoms with Crippen LogP contribution in [-0.4, -0.2) is 30.8 Å². The Hall–Kier alpha value is -0.370. The van der Waals surface area contributed by atoms with Gasteiger partial charge in [-0.2, -0.15) is 0 Å². The molecular weight excluding hydrogens is 138 g/mol. The molecule has 1 aliphatic carbocycles. The van der Waals surface area contributed by atoms with E-state index in [0.29, 0.717) is 5.92 Å². The molecule has 0 N–H and O–H groups in total. The Kier molecular flexibility index (Phi) is 1.95. The molecule has 2 rings (SSSR count). The van der Waals surface area contributed by atoms with Crippen LogP contribution in [-0.2, 0) is 4.79 Å². The fraction of sp³-hybridized carbons (Fsp3) is 0.889. The zero-order valence-electron chi connectivity index (χ0n) is 6.83. The van der Waals surface area contributed by atoms with E-state index in [2.05, 4.69) is 4.90 Å². The Balaban J connectivity index is 1.74. The molecule has 1 atom stereocenters. The number of aldehydes is 1. The second-order valence-corrected chi connectivity index (χ2v) is 3.89. The first-order chi connectivity index (χ1) is 5.38. The topological polar surface area (TPSA) is 20.3 Å². The number of carbonyl (C=O) groups excluding carboxylic acids is 1. The molecule has 1 aliphatic heterocycles. The maximum Gasteiger partial charge on any atom is 0.124 e. The number of hydrogen-bond acceptors (Lipinski definition) is 2. The lowest BCUT2D eigenvalue weighted by Crippen LogP contribution is -2.23. The second-order valence-electron chi connectivity index (χ2n) is 3.89. The van der Waals surface area contributed by atoms with Crippen LogP contribution in [0.2, 0.25) is 0 Å². The molecule has 0 unspecified atom stereocenters. The van der Waals surface area contributed by atoms with Gasteiger partial charge in [0.25, 0.3) is 0 Å². The first-order valence-electron chi connectivity index (χ1n) is 4.56. The van der Waals surface area contributed by atoms with Crippen LogP contribution in [0.1, 0.15) is 19.3 Å². The molecule has 0 radical (unpaired) electrons. The molecule has 2 aliphatic rings. The lowest BCUT2D eigenvalue weighted by molar-refractivity contribution is -0.110. The summed E-state index contributed by atoms with van der Waals surface area (Å²) in [5, 5.41) is 0. The number of nitrogens with zero attached hydrogens (tertiary/aromatic N) is 1. The zero-order chi connectivity index (χ0) is 7.68. The summed E-state index contributed by atoms with van der Waals surface area (Å²) in [5.74, 6) is 1.31. The molecule has 0 aromatic carbocycles. The van der Waals surface area contributed by atoms with Crippen molar-refractivity contribution in [3.63, 3.8) is 0 Å². The van der Waals surface area contributed by atoms with Gasteiger partial charge in [-0.15, -0.1) is 0 Å². The average Bonchev–Trinajstić information content (AvgIpc) is 2.68. The second kappa shape index (κ2) is 2.94. The summed E-state index contributed by atoms with van der Waals surface area (Å²) in [5.41, 5.74) is 0. The largest absolute Gasteiger partial charge is 0.303 e. The fourth-order valence-corrected chi connectivity index (χ4v) is 1.81. The summed E-state index contributed by atoms with van der Waals surface area (Å²) in [4.78, 5) is 12.9. The fourth-order valence-electron chi connectivity index (χ4n) is 1.81. The minimum Gasteiger partial charge on any atom is -0.303 e. The molecule has 0 aromatic heterocycles. The van der Waals surface area contributed by atoms with E-state index in [1.54, 1.807) is 0 Å². The van der Waals surface area contributed by atoms with E-state index in [1.807, 2.05) is 0 Å². The molecule has 1 heterocycles. The van der Waals surface area contributed by atoms with Gasteiger partial charge in [-0.3, -0.25) is 0 Å². The molecule has 0 spiro atoms. The highest BCUT2D eigenvalue weighted by Gasteiger charge is 2.28. The molecule has 1 saturated heterocycles. The summed E-state index contributed by atoms with van der Waals surface area (Å²) < 4.78 is 0. The SMILES string of the molecule is O=C[C@H]1CCN(CC2CC2)C1. The van der Waals surface area contributed by atoms with Gasteiger partial charge in [-0.25, -0.2) is 0 Å². The van der Waals surface area contributed by atoms with Gasteiger partial charge in [0.1, 0.15) is 6.29 Å². The van der Waals surface area contributed by atoms with Gasteiger partial charge in [0.2, 0.25) is 0 Å². The third kappa shape index (κ3) is 1.80. The predicted octanol–water partition coefficient (Wildman–Crippen LogP) is 0.917. The van der Waals surface area contributed by atoms with Crippen molar-refractivity contribution in [3.05, 3.63) is 0 Å². The van der Waals surface area contributed by atoms with Gasteiger partial charge >= 0.3 is 0 Å². The molecule has 2 nitrogen and oxygen atoms in total. The molecule has 0 bridgehead atoms. The number of likely N-dealkylation sites (tertiary alicyclic amines) is 1. The van der Waals surface area contributed by atoms with Crippen molar-refractivity contribution in [2.45, 2.75) is 19.3 Å². The summed E-state index contributed by atoms with van der Waals surface area (Å²) in [6.45, 7) is 3.43. The predicted molar refractivity (Wildman–Crippen MR) is 43.3 cm³/mol. The van der Waals surface area contributed by atoms with Crippen LogP contribution < -0.4 is 0 Å². The first kappa shape index (κ1) is 7.29. The molecule has 1 saturated carbocycles. The monoisotopic (exact) mass is 153 g/mol. The van der Waals surface area contributed by atoms with Gasteiger partial charge in [-0.05, 0) is 31.7 Å². The van der Waals surface area contributed by atoms with Gasteiger partial charge in [0, 0.05) is 19.0 Å². The van der Waals surface area contributed by atoms with E-state index >= 15 is 0 Å². The van der Waals surface area contributed by atoms with Crippen LogP contribution in [0.3, 0.4) is 0 Å². The van der Waals surface area contributed by atoms with Crippen LogP contribution in [0.15, 0.2) is 0 Å². The Morgan fingerprint density at radius 3 is 2.73 bits per heavy atom. The van der Waals surface area contributed by atoms with Gasteiger partial charge < -0.3 is 9.69 Å². The highest BCUT2D eigenvalue weighted by Crippen LogP contribution is 2.31. The lowest BCUT2D eigenvalue weighted by atomic mass is 10.1. The van der Waals surface area contributed by atoms with Crippen molar-refractivity contribution in [3.8, 4) is 0 Å². The van der Waals surface area contributed by atoms with Crippen LogP contribution in [0, 0.1) is 11.8 Å². The lowest BCUT2D eigenvalue weighted by Gasteiger charge is -2.13. The van der Waals surface area contributed by atoms with Crippen molar-refractivity contribution >= 4 is 6.29 Å². The highest BCUT2D eigenvalue weighted by atomic mass is 16.1. The highest BCUT2D eigenvalue weighted by molar-refractivity contribution is 5.54. The third-order valence-corrected chi connectivity index (χ3v) is 2.71. The van der Waals surface area contributed by atoms with E-state index in [-0.39, 0.29) is 0 Å². The normalized spacial score (nSPS) is 32.5. The molecule has 0 amide bonds. The molecule has 11 heavy (non-hydrogen) atoms. The van der Waals surface area contributed by atoms with Crippen LogP contribution in [0.5, 0.6) is 0 Å². The van der Waals surface area contributed by atoms with E-state index < -0.39 is 0 Å². The Morgan fingerprint density at radius 2 is 2.18 bits per heavy atom. The number of hydrogen-bond donors (Lipinski definition) is 0. The van der Waals surface area contributed by atoms with Crippen molar-refractivity contribution in [1.82, 2.24) is 4.90 Å². The maximum absolute atomic E-state index is 10.4. The molecule has 62 valence electrons. The van der Waals surface area contributed by atoms with Gasteiger partial charge in [-0.1, -0.05) is 0 Å². The quantitative estimate of drug-likeness (QED) is 0.562. The molecule has 2 fully saturated rings. The van der Waals surface area contributed by atoms with Crippen molar-refractivity contribution in [2.75, 3.05) is 19.6 Å².